The predicted octanol–water partition coefficient (Wildman–Crippen LogP) is 3.24. The maximum Gasteiger partial charge on any atom is 0.261 e. The van der Waals surface area contributed by atoms with Gasteiger partial charge >= 0.3 is 0 Å². The minimum atomic E-state index is -0.202. The molecule has 1 rings (SSSR count). The summed E-state index contributed by atoms with van der Waals surface area (Å²) < 4.78 is 0. The SMILES string of the molecule is C=C/C=C1/C(=O)N(CCCC)C(=O)/C1=C/C.CC. The van der Waals surface area contributed by atoms with Crippen LogP contribution in [0.4, 0.5) is 0 Å². The van der Waals surface area contributed by atoms with E-state index in [9.17, 15) is 9.59 Å². The van der Waals surface area contributed by atoms with Gasteiger partial charge in [0.25, 0.3) is 11.8 Å². The highest BCUT2D eigenvalue weighted by atomic mass is 16.2. The molecule has 1 heterocycles. The van der Waals surface area contributed by atoms with Crippen LogP contribution in [0.15, 0.2) is 36.0 Å². The van der Waals surface area contributed by atoms with Crippen molar-refractivity contribution in [2.75, 3.05) is 6.54 Å². The Morgan fingerprint density at radius 2 is 1.72 bits per heavy atom. The van der Waals surface area contributed by atoms with Gasteiger partial charge < -0.3 is 0 Å². The lowest BCUT2D eigenvalue weighted by Gasteiger charge is -2.11. The molecule has 0 bridgehead atoms. The second-order valence-corrected chi connectivity index (χ2v) is 3.63. The van der Waals surface area contributed by atoms with E-state index in [0.717, 1.165) is 12.8 Å². The van der Waals surface area contributed by atoms with E-state index in [1.54, 1.807) is 19.1 Å². The van der Waals surface area contributed by atoms with E-state index in [0.29, 0.717) is 17.7 Å². The summed E-state index contributed by atoms with van der Waals surface area (Å²) in [6.07, 6.45) is 6.62. The summed E-state index contributed by atoms with van der Waals surface area (Å²) in [5.74, 6) is -0.388. The molecule has 2 amide bonds. The van der Waals surface area contributed by atoms with Gasteiger partial charge in [-0.3, -0.25) is 14.5 Å². The van der Waals surface area contributed by atoms with Crippen LogP contribution in [0.5, 0.6) is 0 Å². The van der Waals surface area contributed by atoms with Gasteiger partial charge in [0.15, 0.2) is 0 Å². The van der Waals surface area contributed by atoms with E-state index in [2.05, 4.69) is 6.58 Å². The van der Waals surface area contributed by atoms with Gasteiger partial charge in [0.2, 0.25) is 0 Å². The third-order valence-corrected chi connectivity index (χ3v) is 2.55. The molecule has 3 nitrogen and oxygen atoms in total. The van der Waals surface area contributed by atoms with E-state index in [1.807, 2.05) is 20.8 Å². The van der Waals surface area contributed by atoms with Gasteiger partial charge in [-0.15, -0.1) is 0 Å². The second-order valence-electron chi connectivity index (χ2n) is 3.63. The standard InChI is InChI=1S/C13H17NO2.C2H6/c1-4-7-9-14-12(15)10(6-3)11(8-5-2)13(14)16;1-2/h5-6,8H,2,4,7,9H2,1,3H3;1-2H3/b10-6+,11-8+;. The Morgan fingerprint density at radius 3 is 2.17 bits per heavy atom. The second kappa shape index (κ2) is 8.45. The van der Waals surface area contributed by atoms with Gasteiger partial charge in [-0.05, 0) is 19.4 Å². The Hall–Kier alpha value is -1.64. The number of allylic oxidation sites excluding steroid dienone is 3. The van der Waals surface area contributed by atoms with Crippen molar-refractivity contribution in [2.45, 2.75) is 40.5 Å². The topological polar surface area (TPSA) is 37.4 Å². The van der Waals surface area contributed by atoms with Crippen molar-refractivity contribution < 1.29 is 9.59 Å². The first kappa shape index (κ1) is 16.4. The zero-order chi connectivity index (χ0) is 14.1. The van der Waals surface area contributed by atoms with Crippen LogP contribution >= 0.6 is 0 Å². The van der Waals surface area contributed by atoms with Gasteiger partial charge in [-0.2, -0.15) is 0 Å². The van der Waals surface area contributed by atoms with Gasteiger partial charge in [-0.25, -0.2) is 0 Å². The van der Waals surface area contributed by atoms with E-state index in [1.165, 1.54) is 11.0 Å². The summed E-state index contributed by atoms with van der Waals surface area (Å²) in [6.45, 7) is 11.8. The minimum Gasteiger partial charge on any atom is -0.274 e. The first-order valence-electron chi connectivity index (χ1n) is 6.53. The van der Waals surface area contributed by atoms with Crippen molar-refractivity contribution >= 4 is 11.8 Å². The lowest BCUT2D eigenvalue weighted by molar-refractivity contribution is -0.136. The Labute approximate surface area is 110 Å². The molecule has 18 heavy (non-hydrogen) atoms. The Balaban J connectivity index is 0.00000137. The normalized spacial score (nSPS) is 19.2. The first-order valence-corrected chi connectivity index (χ1v) is 6.53. The van der Waals surface area contributed by atoms with Crippen LogP contribution in [0.2, 0.25) is 0 Å². The molecule has 0 aliphatic carbocycles. The van der Waals surface area contributed by atoms with Gasteiger partial charge in [0.05, 0.1) is 5.57 Å². The summed E-state index contributed by atoms with van der Waals surface area (Å²) in [4.78, 5) is 25.1. The molecular formula is C15H23NO2. The highest BCUT2D eigenvalue weighted by molar-refractivity contribution is 6.24. The predicted molar refractivity (Wildman–Crippen MR) is 75.0 cm³/mol. The van der Waals surface area contributed by atoms with Crippen LogP contribution in [-0.2, 0) is 9.59 Å². The van der Waals surface area contributed by atoms with Gasteiger partial charge in [0.1, 0.15) is 0 Å². The Kier molecular flexibility index (Phi) is 7.68. The first-order chi connectivity index (χ1) is 8.67. The summed E-state index contributed by atoms with van der Waals surface area (Å²) in [6, 6.07) is 0. The smallest absolute Gasteiger partial charge is 0.261 e. The number of nitrogens with zero attached hydrogens (tertiary/aromatic N) is 1. The summed E-state index contributed by atoms with van der Waals surface area (Å²) in [5.41, 5.74) is 0.944. The maximum atomic E-state index is 11.9. The van der Waals surface area contributed by atoms with Crippen molar-refractivity contribution in [1.29, 1.82) is 0 Å². The molecule has 1 aliphatic heterocycles. The molecule has 3 heteroatoms. The number of rotatable bonds is 4. The summed E-state index contributed by atoms with van der Waals surface area (Å²) >= 11 is 0. The highest BCUT2D eigenvalue weighted by Crippen LogP contribution is 2.25. The fourth-order valence-electron chi connectivity index (χ4n) is 1.69. The van der Waals surface area contributed by atoms with Crippen LogP contribution in [0.1, 0.15) is 40.5 Å². The number of carbonyl (C=O) groups is 2. The van der Waals surface area contributed by atoms with Crippen molar-refractivity contribution in [3.63, 3.8) is 0 Å². The van der Waals surface area contributed by atoms with E-state index in [-0.39, 0.29) is 11.8 Å². The van der Waals surface area contributed by atoms with Gasteiger partial charge in [0, 0.05) is 12.1 Å². The molecule has 0 aromatic heterocycles. The molecule has 100 valence electrons. The van der Waals surface area contributed by atoms with Crippen molar-refractivity contribution in [1.82, 2.24) is 4.90 Å². The number of hydrogen-bond acceptors (Lipinski definition) is 2. The molecule has 0 N–H and O–H groups in total. The molecule has 0 saturated carbocycles. The van der Waals surface area contributed by atoms with Crippen molar-refractivity contribution in [3.05, 3.63) is 36.0 Å². The molecule has 1 saturated heterocycles. The van der Waals surface area contributed by atoms with Crippen LogP contribution in [-0.4, -0.2) is 23.3 Å². The highest BCUT2D eigenvalue weighted by Gasteiger charge is 2.37. The number of imide groups is 1. The number of unbranched alkanes of at least 4 members (excludes halogenated alkanes) is 1. The third-order valence-electron chi connectivity index (χ3n) is 2.55. The lowest BCUT2D eigenvalue weighted by atomic mass is 10.1. The zero-order valence-corrected chi connectivity index (χ0v) is 11.8. The van der Waals surface area contributed by atoms with Crippen LogP contribution in [0.25, 0.3) is 0 Å². The summed E-state index contributed by atoms with van der Waals surface area (Å²) in [5, 5.41) is 0. The third kappa shape index (κ3) is 3.42. The van der Waals surface area contributed by atoms with Crippen molar-refractivity contribution in [2.24, 2.45) is 0 Å². The maximum absolute atomic E-state index is 11.9. The molecule has 0 aromatic rings. The molecular weight excluding hydrogens is 226 g/mol. The lowest BCUT2D eigenvalue weighted by Crippen LogP contribution is -2.30. The number of amides is 2. The molecule has 0 radical (unpaired) electrons. The fraction of sp³-hybridized carbons (Fsp3) is 0.467. The molecule has 0 atom stereocenters. The average molecular weight is 249 g/mol. The minimum absolute atomic E-state index is 0.186. The number of hydrogen-bond donors (Lipinski definition) is 0. The molecule has 0 spiro atoms. The number of likely N-dealkylation sites (tertiary alicyclic amines) is 1. The summed E-state index contributed by atoms with van der Waals surface area (Å²) in [7, 11) is 0. The molecule has 0 unspecified atom stereocenters. The van der Waals surface area contributed by atoms with E-state index < -0.39 is 0 Å². The van der Waals surface area contributed by atoms with Crippen LogP contribution in [0.3, 0.4) is 0 Å². The fourth-order valence-corrected chi connectivity index (χ4v) is 1.69. The van der Waals surface area contributed by atoms with Gasteiger partial charge in [-0.1, -0.05) is 45.9 Å². The van der Waals surface area contributed by atoms with E-state index in [4.69, 9.17) is 0 Å². The van der Waals surface area contributed by atoms with Crippen LogP contribution in [0, 0.1) is 0 Å². The molecule has 1 fully saturated rings. The van der Waals surface area contributed by atoms with Crippen LogP contribution < -0.4 is 0 Å². The molecule has 0 aromatic carbocycles. The Bertz CT molecular complexity index is 378. The van der Waals surface area contributed by atoms with E-state index >= 15 is 0 Å². The Morgan fingerprint density at radius 1 is 1.17 bits per heavy atom. The largest absolute Gasteiger partial charge is 0.274 e. The monoisotopic (exact) mass is 249 g/mol. The zero-order valence-electron chi connectivity index (χ0n) is 11.8. The number of carbonyl (C=O) groups excluding carboxylic acids is 2. The molecule has 1 aliphatic rings. The average Bonchev–Trinajstić information content (AvgIpc) is 2.62. The van der Waals surface area contributed by atoms with Crippen molar-refractivity contribution in [3.8, 4) is 0 Å². The quantitative estimate of drug-likeness (QED) is 0.566.